The van der Waals surface area contributed by atoms with Gasteiger partial charge in [0.2, 0.25) is 0 Å². The number of hydrogen-bond acceptors (Lipinski definition) is 2. The summed E-state index contributed by atoms with van der Waals surface area (Å²) in [6, 6.07) is 97.2. The Morgan fingerprint density at radius 1 is 0.254 bits per heavy atom. The molecule has 0 saturated heterocycles. The molecule has 71 heavy (non-hydrogen) atoms. The van der Waals surface area contributed by atoms with Crippen LogP contribution in [0.4, 0.5) is 0 Å². The van der Waals surface area contributed by atoms with Crippen molar-refractivity contribution in [3.05, 3.63) is 289 Å². The predicted molar refractivity (Wildman–Crippen MR) is 297 cm³/mol. The van der Waals surface area contributed by atoms with Crippen LogP contribution in [0.1, 0.15) is 22.3 Å². The van der Waals surface area contributed by atoms with Crippen LogP contribution in [0.3, 0.4) is 0 Å². The fraction of sp³-hybridized carbons (Fsp3) is 0.0145. The smallest absolute Gasteiger partial charge is 0.160 e. The highest BCUT2D eigenvalue weighted by molar-refractivity contribution is 6.20. The van der Waals surface area contributed by atoms with E-state index in [1.807, 2.05) is 6.07 Å². The lowest BCUT2D eigenvalue weighted by molar-refractivity contribution is 0.768. The van der Waals surface area contributed by atoms with E-state index in [-0.39, 0.29) is 0 Å². The molecule has 0 fully saturated rings. The highest BCUT2D eigenvalue weighted by Crippen LogP contribution is 2.58. The first kappa shape index (κ1) is 40.8. The fourth-order valence-electron chi connectivity index (χ4n) is 11.9. The number of hydrogen-bond donors (Lipinski definition) is 0. The zero-order valence-electron chi connectivity index (χ0n) is 38.8. The molecule has 0 spiro atoms. The van der Waals surface area contributed by atoms with Gasteiger partial charge in [-0.25, -0.2) is 9.97 Å². The normalized spacial score (nSPS) is 12.6. The van der Waals surface area contributed by atoms with Gasteiger partial charge in [-0.1, -0.05) is 255 Å². The summed E-state index contributed by atoms with van der Waals surface area (Å²) in [5.41, 5.74) is 16.6. The topological polar surface area (TPSA) is 25.8 Å². The van der Waals surface area contributed by atoms with Gasteiger partial charge in [0.1, 0.15) is 0 Å². The number of fused-ring (bicyclic) bond motifs is 8. The second kappa shape index (κ2) is 16.5. The molecule has 14 rings (SSSR count). The first-order valence-corrected chi connectivity index (χ1v) is 24.5. The predicted octanol–water partition coefficient (Wildman–Crippen LogP) is 17.8. The first-order valence-electron chi connectivity index (χ1n) is 24.5. The minimum Gasteiger partial charge on any atom is -0.228 e. The third kappa shape index (κ3) is 6.42. The van der Waals surface area contributed by atoms with Crippen LogP contribution in [0.15, 0.2) is 267 Å². The van der Waals surface area contributed by atoms with E-state index < -0.39 is 5.41 Å². The molecule has 330 valence electrons. The molecule has 12 aromatic carbocycles. The lowest BCUT2D eigenvalue weighted by Gasteiger charge is -2.33. The van der Waals surface area contributed by atoms with Crippen LogP contribution in [0.25, 0.3) is 110 Å². The average molecular weight is 901 g/mol. The van der Waals surface area contributed by atoms with Crippen molar-refractivity contribution in [1.82, 2.24) is 9.97 Å². The molecule has 0 amide bonds. The molecule has 1 aliphatic carbocycles. The summed E-state index contributed by atoms with van der Waals surface area (Å²) < 4.78 is 0. The van der Waals surface area contributed by atoms with E-state index in [4.69, 9.17) is 9.97 Å². The molecule has 0 atom stereocenters. The highest BCUT2D eigenvalue weighted by atomic mass is 14.9. The molecule has 13 aromatic rings. The van der Waals surface area contributed by atoms with Crippen LogP contribution >= 0.6 is 0 Å². The van der Waals surface area contributed by atoms with E-state index in [0.717, 1.165) is 33.5 Å². The molecule has 0 radical (unpaired) electrons. The summed E-state index contributed by atoms with van der Waals surface area (Å²) in [6.45, 7) is 0. The van der Waals surface area contributed by atoms with E-state index in [1.165, 1.54) is 93.3 Å². The maximum absolute atomic E-state index is 5.46. The van der Waals surface area contributed by atoms with Gasteiger partial charge in [0.15, 0.2) is 5.82 Å². The third-order valence-electron chi connectivity index (χ3n) is 15.0. The van der Waals surface area contributed by atoms with Crippen LogP contribution in [-0.4, -0.2) is 9.97 Å². The van der Waals surface area contributed by atoms with Gasteiger partial charge in [-0.2, -0.15) is 0 Å². The lowest BCUT2D eigenvalue weighted by Crippen LogP contribution is -2.28. The maximum atomic E-state index is 5.46. The van der Waals surface area contributed by atoms with Crippen LogP contribution in [0, 0.1) is 0 Å². The van der Waals surface area contributed by atoms with Crippen molar-refractivity contribution < 1.29 is 0 Å². The van der Waals surface area contributed by atoms with Gasteiger partial charge in [-0.05, 0) is 111 Å². The van der Waals surface area contributed by atoms with Crippen LogP contribution in [-0.2, 0) is 5.41 Å². The standard InChI is InChI=1S/C69H44N2/c1-4-20-48(21-5-1)68-70-64(44-65(71-68)60-32-18-34-63-67(60)59-31-16-17-33-62(59)69(63,50-23-6-2-7-24-50)51-25-8-3-9-26-51)57-42-41-53(55-29-14-15-30-56(55)57)46-35-37-47(38-36-46)66-54-28-13-11-22-49(54)43-61-52-27-12-10-19-45(52)39-40-58(61)66/h1-44H. The van der Waals surface area contributed by atoms with Gasteiger partial charge in [-0.15, -0.1) is 0 Å². The van der Waals surface area contributed by atoms with Gasteiger partial charge < -0.3 is 0 Å². The number of nitrogens with zero attached hydrogens (tertiary/aromatic N) is 2. The number of aromatic nitrogens is 2. The summed E-state index contributed by atoms with van der Waals surface area (Å²) >= 11 is 0. The Morgan fingerprint density at radius 2 is 0.789 bits per heavy atom. The second-order valence-electron chi connectivity index (χ2n) is 18.7. The second-order valence-corrected chi connectivity index (χ2v) is 18.7. The van der Waals surface area contributed by atoms with E-state index in [9.17, 15) is 0 Å². The SMILES string of the molecule is c1ccc(-c2nc(-c3cccc4c3-c3ccccc3C4(c3ccccc3)c3ccccc3)cc(-c3ccc(-c4ccc(-c5c6ccccc6cc6c5ccc5ccccc56)cc4)c4ccccc34)n2)cc1. The van der Waals surface area contributed by atoms with Crippen LogP contribution in [0.2, 0.25) is 0 Å². The molecule has 0 N–H and O–H groups in total. The Kier molecular flexibility index (Phi) is 9.47. The summed E-state index contributed by atoms with van der Waals surface area (Å²) in [5, 5.41) is 9.89. The van der Waals surface area contributed by atoms with Crippen molar-refractivity contribution in [2.45, 2.75) is 5.41 Å². The molecule has 0 aliphatic heterocycles. The lowest BCUT2D eigenvalue weighted by atomic mass is 9.67. The van der Waals surface area contributed by atoms with E-state index in [2.05, 4.69) is 261 Å². The summed E-state index contributed by atoms with van der Waals surface area (Å²) in [5.74, 6) is 0.692. The largest absolute Gasteiger partial charge is 0.228 e. The van der Waals surface area contributed by atoms with Crippen molar-refractivity contribution in [2.75, 3.05) is 0 Å². The Balaban J connectivity index is 0.932. The van der Waals surface area contributed by atoms with Crippen molar-refractivity contribution in [1.29, 1.82) is 0 Å². The summed E-state index contributed by atoms with van der Waals surface area (Å²) in [7, 11) is 0. The number of rotatable bonds is 7. The molecule has 1 aliphatic rings. The van der Waals surface area contributed by atoms with Crippen molar-refractivity contribution >= 4 is 43.1 Å². The van der Waals surface area contributed by atoms with E-state index in [0.29, 0.717) is 5.82 Å². The molecule has 0 saturated carbocycles. The van der Waals surface area contributed by atoms with E-state index >= 15 is 0 Å². The van der Waals surface area contributed by atoms with Crippen molar-refractivity contribution in [2.24, 2.45) is 0 Å². The van der Waals surface area contributed by atoms with Crippen molar-refractivity contribution in [3.63, 3.8) is 0 Å². The molecule has 1 aromatic heterocycles. The molecular formula is C69H44N2. The quantitative estimate of drug-likeness (QED) is 0.118. The highest BCUT2D eigenvalue weighted by Gasteiger charge is 2.46. The molecule has 2 heteroatoms. The minimum atomic E-state index is -0.523. The molecule has 1 heterocycles. The maximum Gasteiger partial charge on any atom is 0.160 e. The summed E-state index contributed by atoms with van der Waals surface area (Å²) in [6.07, 6.45) is 0. The molecule has 2 nitrogen and oxygen atoms in total. The average Bonchev–Trinajstić information content (AvgIpc) is 3.76. The zero-order valence-corrected chi connectivity index (χ0v) is 38.8. The third-order valence-corrected chi connectivity index (χ3v) is 15.0. The van der Waals surface area contributed by atoms with Gasteiger partial charge in [0.25, 0.3) is 0 Å². The Morgan fingerprint density at radius 3 is 1.52 bits per heavy atom. The molecule has 0 unspecified atom stereocenters. The molecular weight excluding hydrogens is 857 g/mol. The number of benzene rings is 12. The van der Waals surface area contributed by atoms with Crippen LogP contribution < -0.4 is 0 Å². The fourth-order valence-corrected chi connectivity index (χ4v) is 11.9. The van der Waals surface area contributed by atoms with Gasteiger partial charge in [0.05, 0.1) is 16.8 Å². The van der Waals surface area contributed by atoms with Crippen molar-refractivity contribution in [3.8, 4) is 67.3 Å². The van der Waals surface area contributed by atoms with Gasteiger partial charge >= 0.3 is 0 Å². The van der Waals surface area contributed by atoms with Crippen LogP contribution in [0.5, 0.6) is 0 Å². The van der Waals surface area contributed by atoms with Gasteiger partial charge in [-0.3, -0.25) is 0 Å². The Hall–Kier alpha value is -9.24. The summed E-state index contributed by atoms with van der Waals surface area (Å²) in [4.78, 5) is 10.9. The zero-order chi connectivity index (χ0) is 46.9. The van der Waals surface area contributed by atoms with E-state index in [1.54, 1.807) is 0 Å². The Labute approximate surface area is 412 Å². The van der Waals surface area contributed by atoms with Gasteiger partial charge in [0, 0.05) is 16.7 Å². The Bertz CT molecular complexity index is 4160. The molecule has 0 bridgehead atoms. The minimum absolute atomic E-state index is 0.523. The monoisotopic (exact) mass is 900 g/mol. The first-order chi connectivity index (χ1) is 35.2.